The third-order valence-electron chi connectivity index (χ3n) is 8.12. The summed E-state index contributed by atoms with van der Waals surface area (Å²) in [6.07, 6.45) is 6.96. The van der Waals surface area contributed by atoms with E-state index in [1.165, 1.54) is 86.5 Å². The Morgan fingerprint density at radius 2 is 0.935 bits per heavy atom. The minimum Gasteiger partial charge on any atom is -0.184 e. The monoisotopic (exact) mass is 778 g/mol. The number of benzene rings is 6. The largest absolute Gasteiger partial charge is 0.184 e. The van der Waals surface area contributed by atoms with Crippen molar-refractivity contribution in [1.82, 2.24) is 0 Å². The first kappa shape index (κ1) is 35.3. The summed E-state index contributed by atoms with van der Waals surface area (Å²) in [4.78, 5) is 0. The van der Waals surface area contributed by atoms with E-state index in [0.29, 0.717) is 0 Å². The molecule has 8 rings (SSSR count). The fourth-order valence-corrected chi connectivity index (χ4v) is 6.10. The number of fused-ring (bicyclic) bond motifs is 6. The molecule has 0 fully saturated rings. The van der Waals surface area contributed by atoms with E-state index in [2.05, 4.69) is 141 Å². The van der Waals surface area contributed by atoms with Crippen molar-refractivity contribution in [3.63, 3.8) is 0 Å². The zero-order chi connectivity index (χ0) is 31.3. The van der Waals surface area contributed by atoms with E-state index < -0.39 is 0 Å². The van der Waals surface area contributed by atoms with Gasteiger partial charge in [0, 0.05) is 36.1 Å². The van der Waals surface area contributed by atoms with Gasteiger partial charge in [-0.2, -0.15) is 95.6 Å². The van der Waals surface area contributed by atoms with Gasteiger partial charge < -0.3 is 0 Å². The summed E-state index contributed by atoms with van der Waals surface area (Å²) in [5.74, 6) is 0. The molecule has 0 N–H and O–H groups in total. The molecule has 0 saturated carbocycles. The molecule has 0 aliphatic heterocycles. The van der Waals surface area contributed by atoms with E-state index in [4.69, 9.17) is 0 Å². The molecule has 2 heteroatoms. The minimum absolute atomic E-state index is 0. The predicted molar refractivity (Wildman–Crippen MR) is 195 cm³/mol. The van der Waals surface area contributed by atoms with Gasteiger partial charge in [0.1, 0.15) is 0 Å². The summed E-state index contributed by atoms with van der Waals surface area (Å²) in [6, 6.07) is 56.2. The maximum absolute atomic E-state index is 3.30. The molecule has 0 amide bonds. The van der Waals surface area contributed by atoms with Gasteiger partial charge in [-0.25, -0.2) is 0 Å². The Kier molecular flexibility index (Phi) is 14.2. The molecule has 0 atom stereocenters. The van der Waals surface area contributed by atoms with Crippen LogP contribution in [0.15, 0.2) is 133 Å². The Labute approximate surface area is 299 Å². The minimum atomic E-state index is 0. The second-order valence-electron chi connectivity index (χ2n) is 11.5. The van der Waals surface area contributed by atoms with Crippen molar-refractivity contribution < 1.29 is 25.8 Å². The summed E-state index contributed by atoms with van der Waals surface area (Å²) >= 11 is 0. The van der Waals surface area contributed by atoms with Crippen LogP contribution in [0, 0.1) is 18.2 Å². The summed E-state index contributed by atoms with van der Waals surface area (Å²) in [5, 5.41) is 1.37. The maximum atomic E-state index is 3.30. The third kappa shape index (κ3) is 9.71. The van der Waals surface area contributed by atoms with Crippen molar-refractivity contribution >= 4 is 15.4 Å². The summed E-state index contributed by atoms with van der Waals surface area (Å²) in [7, 11) is 1.93. The number of hydrogen-bond acceptors (Lipinski definition) is 0. The quantitative estimate of drug-likeness (QED) is 0.124. The molecule has 0 nitrogen and oxygen atoms in total. The van der Waals surface area contributed by atoms with E-state index in [0.717, 1.165) is 12.8 Å². The zero-order valence-corrected chi connectivity index (χ0v) is 32.2. The van der Waals surface area contributed by atoms with Gasteiger partial charge in [-0.1, -0.05) is 133 Å². The SMILES string of the molecule is CCCc1cc[c-]cc1.CCCc1ccc([SiH2])cc1.[Hf].[c-]1cccc2c1Cc1ccccc1-2.[c-]1cccc2c1Cc1ccccc1-2. The van der Waals surface area contributed by atoms with E-state index in [1.54, 1.807) is 0 Å². The van der Waals surface area contributed by atoms with Crippen LogP contribution in [0.2, 0.25) is 0 Å². The van der Waals surface area contributed by atoms with Crippen LogP contribution in [0.4, 0.5) is 0 Å². The van der Waals surface area contributed by atoms with E-state index in [-0.39, 0.29) is 25.8 Å². The van der Waals surface area contributed by atoms with Gasteiger partial charge in [0.15, 0.2) is 0 Å². The Morgan fingerprint density at radius 3 is 1.41 bits per heavy atom. The molecular formula is C44H42HfSi-3. The molecule has 0 saturated heterocycles. The molecule has 46 heavy (non-hydrogen) atoms. The average molecular weight is 777 g/mol. The molecule has 0 aromatic heterocycles. The Balaban J connectivity index is 0.000000140. The van der Waals surface area contributed by atoms with Crippen LogP contribution in [0.3, 0.4) is 0 Å². The number of aryl methyl sites for hydroxylation is 2. The van der Waals surface area contributed by atoms with Gasteiger partial charge >= 0.3 is 0 Å². The van der Waals surface area contributed by atoms with Crippen molar-refractivity contribution in [1.29, 1.82) is 0 Å². The molecular weight excluding hydrogens is 735 g/mol. The summed E-state index contributed by atoms with van der Waals surface area (Å²) in [5.41, 5.74) is 13.9. The van der Waals surface area contributed by atoms with Crippen LogP contribution in [0.5, 0.6) is 0 Å². The summed E-state index contributed by atoms with van der Waals surface area (Å²) in [6.45, 7) is 4.40. The fourth-order valence-electron chi connectivity index (χ4n) is 5.87. The topological polar surface area (TPSA) is 0 Å². The van der Waals surface area contributed by atoms with Gasteiger partial charge in [0.25, 0.3) is 0 Å². The molecule has 2 aliphatic carbocycles. The second-order valence-corrected chi connectivity index (χ2v) is 12.3. The second kappa shape index (κ2) is 18.5. The van der Waals surface area contributed by atoms with Crippen molar-refractivity contribution in [2.45, 2.75) is 52.4 Å². The van der Waals surface area contributed by atoms with Crippen molar-refractivity contribution in [2.75, 3.05) is 0 Å². The van der Waals surface area contributed by atoms with Gasteiger partial charge in [0.2, 0.25) is 0 Å². The van der Waals surface area contributed by atoms with Crippen LogP contribution < -0.4 is 5.19 Å². The van der Waals surface area contributed by atoms with Crippen LogP contribution in [0.25, 0.3) is 22.3 Å². The third-order valence-corrected chi connectivity index (χ3v) is 8.59. The molecule has 0 bridgehead atoms. The number of hydrogen-bond donors (Lipinski definition) is 0. The standard InChI is InChI=1S/2C13H9.C9H13Si.C9H11.Hf/c2*1-3-7-12-10(5-1)9-11-6-2-4-8-13(11)12;1-2-3-8-4-6-9(10)7-5-8;1-2-6-9-7-4-3-5-8-9;/h2*1-5,7-8H,9H2;4-7H,2-3,10H2,1H3;4-5,7-8H,2,6H2,1H3;/q2*-1;;-1;. The molecule has 0 heterocycles. The van der Waals surface area contributed by atoms with Gasteiger partial charge in [0.05, 0.1) is 0 Å². The van der Waals surface area contributed by atoms with Crippen molar-refractivity contribution in [3.8, 4) is 22.3 Å². The van der Waals surface area contributed by atoms with Crippen LogP contribution >= 0.6 is 0 Å². The number of rotatable bonds is 4. The van der Waals surface area contributed by atoms with Crippen LogP contribution in [0.1, 0.15) is 60.1 Å². The first-order valence-corrected chi connectivity index (χ1v) is 16.9. The van der Waals surface area contributed by atoms with E-state index in [9.17, 15) is 0 Å². The zero-order valence-electron chi connectivity index (χ0n) is 27.2. The van der Waals surface area contributed by atoms with Gasteiger partial charge in [-0.3, -0.25) is 0 Å². The first-order valence-electron chi connectivity index (χ1n) is 16.2. The first-order chi connectivity index (χ1) is 22.2. The Bertz CT molecular complexity index is 1600. The van der Waals surface area contributed by atoms with Gasteiger partial charge in [-0.15, -0.1) is 11.1 Å². The van der Waals surface area contributed by atoms with Crippen LogP contribution in [-0.4, -0.2) is 10.2 Å². The smallest absolute Gasteiger partial charge is 0.0477 e. The Morgan fingerprint density at radius 1 is 0.500 bits per heavy atom. The molecule has 0 spiro atoms. The van der Waals surface area contributed by atoms with Gasteiger partial charge in [-0.05, 0) is 24.8 Å². The summed E-state index contributed by atoms with van der Waals surface area (Å²) < 4.78 is 0. The molecule has 1 radical (unpaired) electrons. The van der Waals surface area contributed by atoms with Crippen molar-refractivity contribution in [3.05, 3.63) is 185 Å². The fraction of sp³-hybridized carbons (Fsp3) is 0.182. The molecule has 6 aromatic rings. The average Bonchev–Trinajstić information content (AvgIpc) is 3.66. The molecule has 2 aliphatic rings. The maximum Gasteiger partial charge on any atom is 0.0477 e. The van der Waals surface area contributed by atoms with E-state index >= 15 is 0 Å². The predicted octanol–water partition coefficient (Wildman–Crippen LogP) is 9.45. The normalized spacial score (nSPS) is 10.9. The van der Waals surface area contributed by atoms with Crippen LogP contribution in [-0.2, 0) is 51.5 Å². The van der Waals surface area contributed by atoms with Crippen molar-refractivity contribution in [2.24, 2.45) is 0 Å². The molecule has 229 valence electrons. The Hall–Kier alpha value is -3.59. The molecule has 0 unspecified atom stereocenters. The van der Waals surface area contributed by atoms with E-state index in [1.807, 2.05) is 34.5 Å². The molecule has 6 aromatic carbocycles.